The van der Waals surface area contributed by atoms with Crippen molar-refractivity contribution in [1.29, 1.82) is 0 Å². The van der Waals surface area contributed by atoms with E-state index >= 15 is 0 Å². The van der Waals surface area contributed by atoms with Gasteiger partial charge in [-0.05, 0) is 24.1 Å². The first-order valence-electron chi connectivity index (χ1n) is 4.81. The van der Waals surface area contributed by atoms with Crippen molar-refractivity contribution in [2.24, 2.45) is 0 Å². The van der Waals surface area contributed by atoms with Crippen molar-refractivity contribution in [3.05, 3.63) is 35.6 Å². The molecule has 1 aliphatic heterocycles. The lowest BCUT2D eigenvalue weighted by molar-refractivity contribution is 0.117. The Hall–Kier alpha value is -0.930. The van der Waals surface area contributed by atoms with E-state index in [0.717, 1.165) is 18.5 Å². The van der Waals surface area contributed by atoms with Crippen molar-refractivity contribution in [3.63, 3.8) is 0 Å². The van der Waals surface area contributed by atoms with Crippen LogP contribution in [0.2, 0.25) is 0 Å². The smallest absolute Gasteiger partial charge is 0.123 e. The standard InChI is InChI=1S/C11H14FNO/c1-14-10-6-11(13-7-10)8-3-2-4-9(12)5-8/h2-5,10-11,13H,6-7H2,1H3. The lowest BCUT2D eigenvalue weighted by Crippen LogP contribution is -2.16. The van der Waals surface area contributed by atoms with E-state index in [1.165, 1.54) is 6.07 Å². The second kappa shape index (κ2) is 4.07. The van der Waals surface area contributed by atoms with Gasteiger partial charge in [0.1, 0.15) is 5.82 Å². The van der Waals surface area contributed by atoms with Gasteiger partial charge in [0.25, 0.3) is 0 Å². The predicted octanol–water partition coefficient (Wildman–Crippen LogP) is 1.88. The second-order valence-electron chi connectivity index (χ2n) is 3.61. The Morgan fingerprint density at radius 3 is 3.00 bits per heavy atom. The summed E-state index contributed by atoms with van der Waals surface area (Å²) in [5.41, 5.74) is 1.00. The first kappa shape index (κ1) is 9.62. The molecule has 2 nitrogen and oxygen atoms in total. The van der Waals surface area contributed by atoms with Crippen molar-refractivity contribution in [2.75, 3.05) is 13.7 Å². The molecule has 0 spiro atoms. The third-order valence-electron chi connectivity index (χ3n) is 2.67. The summed E-state index contributed by atoms with van der Waals surface area (Å²) in [4.78, 5) is 0. The highest BCUT2D eigenvalue weighted by molar-refractivity contribution is 5.21. The van der Waals surface area contributed by atoms with Crippen molar-refractivity contribution in [2.45, 2.75) is 18.6 Å². The molecule has 0 radical (unpaired) electrons. The Labute approximate surface area is 83.1 Å². The molecular formula is C11H14FNO. The number of nitrogens with one attached hydrogen (secondary N) is 1. The van der Waals surface area contributed by atoms with E-state index in [4.69, 9.17) is 4.74 Å². The quantitative estimate of drug-likeness (QED) is 0.778. The number of benzene rings is 1. The number of ether oxygens (including phenoxy) is 1. The summed E-state index contributed by atoms with van der Waals surface area (Å²) in [7, 11) is 1.71. The predicted molar refractivity (Wildman–Crippen MR) is 52.6 cm³/mol. The lowest BCUT2D eigenvalue weighted by Gasteiger charge is -2.10. The molecule has 1 saturated heterocycles. The third kappa shape index (κ3) is 1.94. The molecule has 0 aromatic heterocycles. The van der Waals surface area contributed by atoms with Gasteiger partial charge in [-0.25, -0.2) is 4.39 Å². The fraction of sp³-hybridized carbons (Fsp3) is 0.455. The third-order valence-corrected chi connectivity index (χ3v) is 2.67. The minimum absolute atomic E-state index is 0.176. The van der Waals surface area contributed by atoms with Gasteiger partial charge in [0, 0.05) is 19.7 Å². The van der Waals surface area contributed by atoms with Crippen LogP contribution in [0.4, 0.5) is 4.39 Å². The zero-order chi connectivity index (χ0) is 9.97. The highest BCUT2D eigenvalue weighted by Crippen LogP contribution is 2.24. The summed E-state index contributed by atoms with van der Waals surface area (Å²) in [6, 6.07) is 6.96. The molecule has 2 atom stereocenters. The summed E-state index contributed by atoms with van der Waals surface area (Å²) in [5.74, 6) is -0.176. The van der Waals surface area contributed by atoms with Crippen molar-refractivity contribution < 1.29 is 9.13 Å². The van der Waals surface area contributed by atoms with E-state index in [9.17, 15) is 4.39 Å². The number of hydrogen-bond acceptors (Lipinski definition) is 2. The summed E-state index contributed by atoms with van der Waals surface area (Å²) in [6.07, 6.45) is 1.17. The maximum absolute atomic E-state index is 12.9. The molecule has 0 amide bonds. The minimum Gasteiger partial charge on any atom is -0.380 e. The number of halogens is 1. The molecule has 14 heavy (non-hydrogen) atoms. The lowest BCUT2D eigenvalue weighted by atomic mass is 10.0. The van der Waals surface area contributed by atoms with Gasteiger partial charge in [-0.2, -0.15) is 0 Å². The van der Waals surface area contributed by atoms with Crippen LogP contribution >= 0.6 is 0 Å². The number of hydrogen-bond donors (Lipinski definition) is 1. The average molecular weight is 195 g/mol. The zero-order valence-electron chi connectivity index (χ0n) is 8.16. The van der Waals surface area contributed by atoms with Crippen molar-refractivity contribution >= 4 is 0 Å². The van der Waals surface area contributed by atoms with Gasteiger partial charge in [0.15, 0.2) is 0 Å². The highest BCUT2D eigenvalue weighted by atomic mass is 19.1. The normalized spacial score (nSPS) is 26.7. The molecule has 76 valence electrons. The van der Waals surface area contributed by atoms with Crippen LogP contribution in [0.15, 0.2) is 24.3 Å². The van der Waals surface area contributed by atoms with Gasteiger partial charge in [-0.1, -0.05) is 12.1 Å². The van der Waals surface area contributed by atoms with Gasteiger partial charge >= 0.3 is 0 Å². The minimum atomic E-state index is -0.176. The van der Waals surface area contributed by atoms with Crippen LogP contribution in [0, 0.1) is 5.82 Å². The Kier molecular flexibility index (Phi) is 2.79. The molecule has 0 saturated carbocycles. The van der Waals surface area contributed by atoms with Crippen LogP contribution in [-0.4, -0.2) is 19.8 Å². The molecular weight excluding hydrogens is 181 g/mol. The Bertz CT molecular complexity index is 316. The van der Waals surface area contributed by atoms with Crippen molar-refractivity contribution in [3.8, 4) is 0 Å². The molecule has 1 N–H and O–H groups in total. The van der Waals surface area contributed by atoms with Crippen molar-refractivity contribution in [1.82, 2.24) is 5.32 Å². The molecule has 2 unspecified atom stereocenters. The maximum atomic E-state index is 12.9. The van der Waals surface area contributed by atoms with Gasteiger partial charge in [0.05, 0.1) is 6.10 Å². The largest absolute Gasteiger partial charge is 0.380 e. The Balaban J connectivity index is 2.09. The molecule has 1 aromatic carbocycles. The Morgan fingerprint density at radius 1 is 1.50 bits per heavy atom. The topological polar surface area (TPSA) is 21.3 Å². The van der Waals surface area contributed by atoms with E-state index in [-0.39, 0.29) is 18.0 Å². The molecule has 0 aliphatic carbocycles. The summed E-state index contributed by atoms with van der Waals surface area (Å²) >= 11 is 0. The van der Waals surface area contributed by atoms with Gasteiger partial charge < -0.3 is 10.1 Å². The molecule has 0 bridgehead atoms. The van der Waals surface area contributed by atoms with E-state index in [2.05, 4.69) is 5.32 Å². The van der Waals surface area contributed by atoms with Crippen LogP contribution in [-0.2, 0) is 4.74 Å². The molecule has 1 aliphatic rings. The molecule has 1 heterocycles. The van der Waals surface area contributed by atoms with Gasteiger partial charge in [-0.15, -0.1) is 0 Å². The van der Waals surface area contributed by atoms with E-state index < -0.39 is 0 Å². The molecule has 1 aromatic rings. The summed E-state index contributed by atoms with van der Waals surface area (Å²) in [5, 5.41) is 3.31. The molecule has 2 rings (SSSR count). The number of rotatable bonds is 2. The zero-order valence-corrected chi connectivity index (χ0v) is 8.16. The number of methoxy groups -OCH3 is 1. The van der Waals surface area contributed by atoms with Gasteiger partial charge in [-0.3, -0.25) is 0 Å². The first-order chi connectivity index (χ1) is 6.79. The fourth-order valence-electron chi connectivity index (χ4n) is 1.86. The average Bonchev–Trinajstić information content (AvgIpc) is 2.66. The summed E-state index contributed by atoms with van der Waals surface area (Å²) in [6.45, 7) is 0.845. The van der Waals surface area contributed by atoms with Crippen LogP contribution in [0.25, 0.3) is 0 Å². The first-order valence-corrected chi connectivity index (χ1v) is 4.81. The summed E-state index contributed by atoms with van der Waals surface area (Å²) < 4.78 is 18.2. The SMILES string of the molecule is COC1CNC(c2cccc(F)c2)C1. The fourth-order valence-corrected chi connectivity index (χ4v) is 1.86. The van der Waals surface area contributed by atoms with Crippen LogP contribution in [0.5, 0.6) is 0 Å². The van der Waals surface area contributed by atoms with E-state index in [1.807, 2.05) is 6.07 Å². The van der Waals surface area contributed by atoms with Gasteiger partial charge in [0.2, 0.25) is 0 Å². The monoisotopic (exact) mass is 195 g/mol. The van der Waals surface area contributed by atoms with Crippen LogP contribution in [0.1, 0.15) is 18.0 Å². The highest BCUT2D eigenvalue weighted by Gasteiger charge is 2.24. The Morgan fingerprint density at radius 2 is 2.36 bits per heavy atom. The van der Waals surface area contributed by atoms with Crippen LogP contribution in [0.3, 0.4) is 0 Å². The van der Waals surface area contributed by atoms with E-state index in [1.54, 1.807) is 19.2 Å². The van der Waals surface area contributed by atoms with Crippen LogP contribution < -0.4 is 5.32 Å². The maximum Gasteiger partial charge on any atom is 0.123 e. The van der Waals surface area contributed by atoms with E-state index in [0.29, 0.717) is 0 Å². The second-order valence-corrected chi connectivity index (χ2v) is 3.61. The molecule has 3 heteroatoms. The molecule has 1 fully saturated rings.